The molecule has 0 radical (unpaired) electrons. The summed E-state index contributed by atoms with van der Waals surface area (Å²) < 4.78 is 9.67. The summed E-state index contributed by atoms with van der Waals surface area (Å²) in [5.41, 5.74) is 0. The van der Waals surface area contributed by atoms with Gasteiger partial charge in [0.2, 0.25) is 0 Å². The third kappa shape index (κ3) is 1.92. The first-order chi connectivity index (χ1) is 7.89. The van der Waals surface area contributed by atoms with Crippen LogP contribution < -0.4 is 0 Å². The second-order valence-electron chi connectivity index (χ2n) is 4.25. The van der Waals surface area contributed by atoms with Crippen molar-refractivity contribution >= 4 is 5.97 Å². The van der Waals surface area contributed by atoms with Crippen molar-refractivity contribution < 1.29 is 39.8 Å². The SMILES string of the molecule is O=C1O[C@H]([C@H](O)CO)[C@@H]2O[C@@]1(O)C[C@H](O)[C@H]2O. The van der Waals surface area contributed by atoms with Crippen LogP contribution in [0.25, 0.3) is 0 Å². The van der Waals surface area contributed by atoms with Crippen LogP contribution in [0.3, 0.4) is 0 Å². The van der Waals surface area contributed by atoms with Gasteiger partial charge < -0.3 is 35.0 Å². The summed E-state index contributed by atoms with van der Waals surface area (Å²) >= 11 is 0. The zero-order valence-electron chi connectivity index (χ0n) is 8.76. The average molecular weight is 250 g/mol. The van der Waals surface area contributed by atoms with Crippen LogP contribution in [0.5, 0.6) is 0 Å². The van der Waals surface area contributed by atoms with Crippen LogP contribution in [0.15, 0.2) is 0 Å². The minimum atomic E-state index is -2.31. The molecule has 0 saturated carbocycles. The van der Waals surface area contributed by atoms with Gasteiger partial charge in [0.1, 0.15) is 18.3 Å². The average Bonchev–Trinajstić information content (AvgIpc) is 2.29. The fourth-order valence-electron chi connectivity index (χ4n) is 2.04. The van der Waals surface area contributed by atoms with Gasteiger partial charge in [-0.25, -0.2) is 4.79 Å². The zero-order valence-corrected chi connectivity index (χ0v) is 8.76. The molecule has 2 aliphatic heterocycles. The van der Waals surface area contributed by atoms with Gasteiger partial charge in [-0.1, -0.05) is 0 Å². The van der Waals surface area contributed by atoms with Crippen molar-refractivity contribution in [3.8, 4) is 0 Å². The van der Waals surface area contributed by atoms with Crippen molar-refractivity contribution in [3.63, 3.8) is 0 Å². The Bertz CT molecular complexity index is 320. The van der Waals surface area contributed by atoms with Crippen molar-refractivity contribution in [2.75, 3.05) is 6.61 Å². The predicted molar refractivity (Wildman–Crippen MR) is 49.4 cm³/mol. The molecule has 8 heteroatoms. The van der Waals surface area contributed by atoms with Crippen molar-refractivity contribution in [1.82, 2.24) is 0 Å². The van der Waals surface area contributed by atoms with E-state index < -0.39 is 55.3 Å². The molecule has 0 aromatic rings. The third-order valence-corrected chi connectivity index (χ3v) is 3.00. The summed E-state index contributed by atoms with van der Waals surface area (Å²) in [5, 5.41) is 47.1. The van der Waals surface area contributed by atoms with Gasteiger partial charge in [-0.15, -0.1) is 0 Å². The second-order valence-corrected chi connectivity index (χ2v) is 4.25. The molecule has 0 aliphatic carbocycles. The number of carbonyl (C=O) groups is 1. The number of aliphatic hydroxyl groups excluding tert-OH is 4. The maximum absolute atomic E-state index is 11.4. The molecule has 0 amide bonds. The minimum Gasteiger partial charge on any atom is -0.453 e. The van der Waals surface area contributed by atoms with Crippen LogP contribution in [-0.4, -0.2) is 74.4 Å². The topological polar surface area (TPSA) is 137 Å². The summed E-state index contributed by atoms with van der Waals surface area (Å²) in [6, 6.07) is 0. The van der Waals surface area contributed by atoms with Gasteiger partial charge in [-0.2, -0.15) is 0 Å². The molecular weight excluding hydrogens is 236 g/mol. The number of esters is 1. The Morgan fingerprint density at radius 1 is 1.47 bits per heavy atom. The highest BCUT2D eigenvalue weighted by molar-refractivity contribution is 5.78. The number of ether oxygens (including phenoxy) is 2. The lowest BCUT2D eigenvalue weighted by Crippen LogP contribution is -2.68. The minimum absolute atomic E-state index is 0.508. The molecule has 2 aliphatic rings. The van der Waals surface area contributed by atoms with Crippen molar-refractivity contribution in [2.45, 2.75) is 42.7 Å². The molecule has 2 rings (SSSR count). The van der Waals surface area contributed by atoms with Crippen molar-refractivity contribution in [1.29, 1.82) is 0 Å². The van der Waals surface area contributed by atoms with Gasteiger partial charge in [0.15, 0.2) is 6.10 Å². The molecule has 8 nitrogen and oxygen atoms in total. The Balaban J connectivity index is 2.27. The largest absolute Gasteiger partial charge is 0.453 e. The molecule has 17 heavy (non-hydrogen) atoms. The third-order valence-electron chi connectivity index (χ3n) is 3.00. The normalized spacial score (nSPS) is 47.5. The Morgan fingerprint density at radius 2 is 2.12 bits per heavy atom. The van der Waals surface area contributed by atoms with Gasteiger partial charge >= 0.3 is 5.97 Å². The Kier molecular flexibility index (Phi) is 3.10. The van der Waals surface area contributed by atoms with Crippen LogP contribution in [0.1, 0.15) is 6.42 Å². The Labute approximate surface area is 96.0 Å². The van der Waals surface area contributed by atoms with Gasteiger partial charge in [-0.3, -0.25) is 0 Å². The molecule has 0 aromatic carbocycles. The zero-order chi connectivity index (χ0) is 12.8. The Morgan fingerprint density at radius 3 is 2.71 bits per heavy atom. The molecule has 5 N–H and O–H groups in total. The van der Waals surface area contributed by atoms with Gasteiger partial charge in [0, 0.05) is 6.42 Å². The van der Waals surface area contributed by atoms with E-state index in [1.54, 1.807) is 0 Å². The van der Waals surface area contributed by atoms with Gasteiger partial charge in [0.25, 0.3) is 5.79 Å². The van der Waals surface area contributed by atoms with Crippen molar-refractivity contribution in [3.05, 3.63) is 0 Å². The smallest absolute Gasteiger partial charge is 0.367 e. The number of aliphatic hydroxyl groups is 5. The number of rotatable bonds is 2. The predicted octanol–water partition coefficient (Wildman–Crippen LogP) is -3.54. The van der Waals surface area contributed by atoms with E-state index in [0.29, 0.717) is 0 Å². The lowest BCUT2D eigenvalue weighted by Gasteiger charge is -2.48. The summed E-state index contributed by atoms with van der Waals surface area (Å²) in [4.78, 5) is 11.4. The maximum atomic E-state index is 11.4. The monoisotopic (exact) mass is 250 g/mol. The van der Waals surface area contributed by atoms with Crippen LogP contribution in [0.4, 0.5) is 0 Å². The molecule has 2 saturated heterocycles. The van der Waals surface area contributed by atoms with E-state index in [9.17, 15) is 25.2 Å². The van der Waals surface area contributed by atoms with Gasteiger partial charge in [0.05, 0.1) is 12.7 Å². The number of hydrogen-bond donors (Lipinski definition) is 5. The molecule has 2 bridgehead atoms. The van der Waals surface area contributed by atoms with Crippen LogP contribution in [0.2, 0.25) is 0 Å². The first-order valence-corrected chi connectivity index (χ1v) is 5.15. The fraction of sp³-hybridized carbons (Fsp3) is 0.889. The second kappa shape index (κ2) is 4.16. The molecule has 98 valence electrons. The molecule has 2 heterocycles. The molecule has 0 spiro atoms. The summed E-state index contributed by atoms with van der Waals surface area (Å²) in [6.07, 6.45) is -7.39. The Hall–Kier alpha value is -0.770. The number of carbonyl (C=O) groups excluding carboxylic acids is 1. The van der Waals surface area contributed by atoms with E-state index in [1.807, 2.05) is 0 Å². The number of hydrogen-bond acceptors (Lipinski definition) is 8. The van der Waals surface area contributed by atoms with Crippen LogP contribution in [-0.2, 0) is 14.3 Å². The first-order valence-electron chi connectivity index (χ1n) is 5.15. The van der Waals surface area contributed by atoms with E-state index in [0.717, 1.165) is 0 Å². The van der Waals surface area contributed by atoms with Crippen LogP contribution in [0, 0.1) is 0 Å². The highest BCUT2D eigenvalue weighted by atomic mass is 16.7. The molecule has 0 unspecified atom stereocenters. The lowest BCUT2D eigenvalue weighted by molar-refractivity contribution is -0.345. The van der Waals surface area contributed by atoms with Crippen LogP contribution >= 0.6 is 0 Å². The van der Waals surface area contributed by atoms with E-state index in [-0.39, 0.29) is 0 Å². The summed E-state index contributed by atoms with van der Waals surface area (Å²) in [7, 11) is 0. The van der Waals surface area contributed by atoms with Crippen molar-refractivity contribution in [2.24, 2.45) is 0 Å². The lowest BCUT2D eigenvalue weighted by atomic mass is 9.89. The molecule has 2 fully saturated rings. The molecule has 6 atom stereocenters. The molecule has 0 aromatic heterocycles. The number of cyclic esters (lactones) is 1. The summed E-state index contributed by atoms with van der Waals surface area (Å²) in [5.74, 6) is -3.47. The van der Waals surface area contributed by atoms with E-state index in [1.165, 1.54) is 0 Å². The quantitative estimate of drug-likeness (QED) is 0.318. The maximum Gasteiger partial charge on any atom is 0.367 e. The van der Waals surface area contributed by atoms with E-state index >= 15 is 0 Å². The van der Waals surface area contributed by atoms with E-state index in [2.05, 4.69) is 0 Å². The number of fused-ring (bicyclic) bond motifs is 2. The summed E-state index contributed by atoms with van der Waals surface area (Å²) in [6.45, 7) is -0.709. The van der Waals surface area contributed by atoms with E-state index in [4.69, 9.17) is 14.6 Å². The molecular formula is C9H14O8. The highest BCUT2D eigenvalue weighted by Crippen LogP contribution is 2.36. The van der Waals surface area contributed by atoms with Gasteiger partial charge in [-0.05, 0) is 0 Å². The standard InChI is InChI=1S/C9H14O8/c10-2-4(12)6-7-5(13)3(11)1-9(15,17-7)8(14)16-6/h3-7,10-13,15H,1-2H2/t3-,4+,5+,6+,7+,9-/m0/s1. The first kappa shape index (κ1) is 12.7. The highest BCUT2D eigenvalue weighted by Gasteiger charge is 2.59. The fourth-order valence-corrected chi connectivity index (χ4v) is 2.04.